The highest BCUT2D eigenvalue weighted by Crippen LogP contribution is 2.20. The number of hydrogen-bond acceptors (Lipinski definition) is 3. The molecule has 0 radical (unpaired) electrons. The molecular weight excluding hydrogens is 268 g/mol. The van der Waals surface area contributed by atoms with Gasteiger partial charge in [-0.25, -0.2) is 0 Å². The highest BCUT2D eigenvalue weighted by molar-refractivity contribution is 9.10. The van der Waals surface area contributed by atoms with Crippen LogP contribution in [0.3, 0.4) is 0 Å². The van der Waals surface area contributed by atoms with Crippen molar-refractivity contribution in [2.45, 2.75) is 26.7 Å². The highest BCUT2D eigenvalue weighted by Gasteiger charge is 2.09. The topological polar surface area (TPSA) is 43.6 Å². The number of rotatable bonds is 3. The van der Waals surface area contributed by atoms with Crippen molar-refractivity contribution in [3.05, 3.63) is 34.1 Å². The summed E-state index contributed by atoms with van der Waals surface area (Å²) in [7, 11) is 0. The van der Waals surface area contributed by atoms with Crippen molar-refractivity contribution < 1.29 is 0 Å². The smallest absolute Gasteiger partial charge is 0.156 e. The van der Waals surface area contributed by atoms with Crippen molar-refractivity contribution in [2.75, 3.05) is 0 Å². The monoisotopic (exact) mass is 280 g/mol. The first-order chi connectivity index (χ1) is 7.76. The van der Waals surface area contributed by atoms with E-state index < -0.39 is 0 Å². The van der Waals surface area contributed by atoms with E-state index in [0.717, 1.165) is 28.8 Å². The van der Waals surface area contributed by atoms with Crippen LogP contribution in [0.25, 0.3) is 5.69 Å². The molecule has 4 nitrogen and oxygen atoms in total. The second-order valence-electron chi connectivity index (χ2n) is 3.49. The van der Waals surface area contributed by atoms with E-state index in [-0.39, 0.29) is 0 Å². The van der Waals surface area contributed by atoms with E-state index >= 15 is 0 Å². The molecule has 0 saturated carbocycles. The van der Waals surface area contributed by atoms with Gasteiger partial charge in [0.15, 0.2) is 5.82 Å². The van der Waals surface area contributed by atoms with Gasteiger partial charge in [0.2, 0.25) is 0 Å². The number of aromatic nitrogens is 4. The van der Waals surface area contributed by atoms with E-state index in [9.17, 15) is 0 Å². The lowest BCUT2D eigenvalue weighted by Gasteiger charge is -2.08. The number of halogens is 1. The van der Waals surface area contributed by atoms with E-state index in [1.54, 1.807) is 0 Å². The van der Waals surface area contributed by atoms with Gasteiger partial charge in [0.25, 0.3) is 0 Å². The van der Waals surface area contributed by atoms with Crippen LogP contribution >= 0.6 is 15.9 Å². The Bertz CT molecular complexity index is 492. The van der Waals surface area contributed by atoms with E-state index in [4.69, 9.17) is 0 Å². The van der Waals surface area contributed by atoms with Gasteiger partial charge in [-0.15, -0.1) is 5.10 Å². The van der Waals surface area contributed by atoms with Crippen molar-refractivity contribution in [2.24, 2.45) is 0 Å². The average Bonchev–Trinajstić information content (AvgIpc) is 2.76. The zero-order valence-corrected chi connectivity index (χ0v) is 10.9. The third kappa shape index (κ3) is 2.00. The summed E-state index contributed by atoms with van der Waals surface area (Å²) in [6.07, 6.45) is 1.78. The lowest BCUT2D eigenvalue weighted by molar-refractivity contribution is 0.758. The minimum absolute atomic E-state index is 0.826. The second kappa shape index (κ2) is 4.74. The molecule has 1 aromatic heterocycles. The summed E-state index contributed by atoms with van der Waals surface area (Å²) in [5.74, 6) is 0.886. The quantitative estimate of drug-likeness (QED) is 0.868. The van der Waals surface area contributed by atoms with E-state index in [1.165, 1.54) is 5.56 Å². The lowest BCUT2D eigenvalue weighted by atomic mass is 10.1. The second-order valence-corrected chi connectivity index (χ2v) is 4.40. The van der Waals surface area contributed by atoms with Crippen LogP contribution in [0.2, 0.25) is 0 Å². The molecule has 5 heteroatoms. The average molecular weight is 281 g/mol. The SMILES string of the molecule is CCc1cc(Br)ccc1-n1nnnc1CC. The standard InChI is InChI=1S/C11H13BrN4/c1-3-8-7-9(12)5-6-10(8)16-11(4-2)13-14-15-16/h5-7H,3-4H2,1-2H3. The third-order valence-electron chi connectivity index (χ3n) is 2.50. The molecule has 0 aliphatic rings. The van der Waals surface area contributed by atoms with Gasteiger partial charge in [-0.1, -0.05) is 29.8 Å². The zero-order valence-electron chi connectivity index (χ0n) is 9.31. The Kier molecular flexibility index (Phi) is 3.33. The van der Waals surface area contributed by atoms with Crippen molar-refractivity contribution in [1.82, 2.24) is 20.2 Å². The van der Waals surface area contributed by atoms with Crippen LogP contribution in [0.5, 0.6) is 0 Å². The fourth-order valence-corrected chi connectivity index (χ4v) is 2.07. The van der Waals surface area contributed by atoms with Crippen LogP contribution in [0.15, 0.2) is 22.7 Å². The number of tetrazole rings is 1. The van der Waals surface area contributed by atoms with Gasteiger partial charge in [0.05, 0.1) is 5.69 Å². The molecule has 2 rings (SSSR count). The molecule has 0 N–H and O–H groups in total. The summed E-state index contributed by atoms with van der Waals surface area (Å²) in [5, 5.41) is 11.8. The fraction of sp³-hybridized carbons (Fsp3) is 0.364. The Morgan fingerprint density at radius 1 is 1.25 bits per heavy atom. The van der Waals surface area contributed by atoms with Crippen molar-refractivity contribution in [1.29, 1.82) is 0 Å². The van der Waals surface area contributed by atoms with Crippen molar-refractivity contribution in [3.8, 4) is 5.69 Å². The summed E-state index contributed by atoms with van der Waals surface area (Å²) in [6, 6.07) is 6.16. The van der Waals surface area contributed by atoms with Gasteiger partial charge in [-0.3, -0.25) is 0 Å². The minimum Gasteiger partial charge on any atom is -0.197 e. The summed E-state index contributed by atoms with van der Waals surface area (Å²) in [4.78, 5) is 0. The number of aryl methyl sites for hydroxylation is 2. The van der Waals surface area contributed by atoms with Gasteiger partial charge in [-0.2, -0.15) is 4.68 Å². The first-order valence-corrected chi connectivity index (χ1v) is 6.11. The summed E-state index contributed by atoms with van der Waals surface area (Å²) < 4.78 is 2.89. The molecule has 0 saturated heterocycles. The third-order valence-corrected chi connectivity index (χ3v) is 2.99. The lowest BCUT2D eigenvalue weighted by Crippen LogP contribution is -2.05. The minimum atomic E-state index is 0.826. The molecule has 0 aliphatic carbocycles. The molecule has 1 heterocycles. The van der Waals surface area contributed by atoms with Crippen LogP contribution in [-0.2, 0) is 12.8 Å². The van der Waals surface area contributed by atoms with Gasteiger partial charge in [0, 0.05) is 10.9 Å². The molecule has 0 aliphatic heterocycles. The number of hydrogen-bond donors (Lipinski definition) is 0. The summed E-state index contributed by atoms with van der Waals surface area (Å²) in [5.41, 5.74) is 2.30. The molecular formula is C11H13BrN4. The summed E-state index contributed by atoms with van der Waals surface area (Å²) >= 11 is 3.48. The Morgan fingerprint density at radius 3 is 2.75 bits per heavy atom. The van der Waals surface area contributed by atoms with Crippen molar-refractivity contribution in [3.63, 3.8) is 0 Å². The van der Waals surface area contributed by atoms with Crippen LogP contribution in [0, 0.1) is 0 Å². The van der Waals surface area contributed by atoms with Gasteiger partial charge < -0.3 is 0 Å². The maximum Gasteiger partial charge on any atom is 0.156 e. The first kappa shape index (κ1) is 11.3. The first-order valence-electron chi connectivity index (χ1n) is 5.32. The fourth-order valence-electron chi connectivity index (χ4n) is 1.66. The molecule has 0 bridgehead atoms. The predicted molar refractivity (Wildman–Crippen MR) is 65.6 cm³/mol. The Balaban J connectivity index is 2.55. The van der Waals surface area contributed by atoms with Crippen LogP contribution in [0.1, 0.15) is 25.2 Å². The van der Waals surface area contributed by atoms with Crippen LogP contribution in [-0.4, -0.2) is 20.2 Å². The molecule has 2 aromatic rings. The molecule has 0 unspecified atom stereocenters. The number of benzene rings is 1. The molecule has 84 valence electrons. The van der Waals surface area contributed by atoms with Crippen molar-refractivity contribution >= 4 is 15.9 Å². The highest BCUT2D eigenvalue weighted by atomic mass is 79.9. The molecule has 0 spiro atoms. The molecule has 0 amide bonds. The molecule has 0 atom stereocenters. The van der Waals surface area contributed by atoms with Crippen LogP contribution in [0.4, 0.5) is 0 Å². The Morgan fingerprint density at radius 2 is 2.06 bits per heavy atom. The maximum atomic E-state index is 4.04. The number of nitrogens with zero attached hydrogens (tertiary/aromatic N) is 4. The Labute approximate surface area is 103 Å². The zero-order chi connectivity index (χ0) is 11.5. The van der Waals surface area contributed by atoms with Gasteiger partial charge in [-0.05, 0) is 40.6 Å². The molecule has 1 aromatic carbocycles. The normalized spacial score (nSPS) is 10.7. The largest absolute Gasteiger partial charge is 0.197 e. The molecule has 16 heavy (non-hydrogen) atoms. The van der Waals surface area contributed by atoms with E-state index in [1.807, 2.05) is 23.7 Å². The predicted octanol–water partition coefficient (Wildman–Crippen LogP) is 2.55. The Hall–Kier alpha value is -1.23. The van der Waals surface area contributed by atoms with E-state index in [2.05, 4.69) is 44.4 Å². The van der Waals surface area contributed by atoms with Gasteiger partial charge >= 0.3 is 0 Å². The maximum absolute atomic E-state index is 4.04. The molecule has 0 fully saturated rings. The van der Waals surface area contributed by atoms with Crippen LogP contribution < -0.4 is 0 Å². The van der Waals surface area contributed by atoms with E-state index in [0.29, 0.717) is 0 Å². The summed E-state index contributed by atoms with van der Waals surface area (Å²) in [6.45, 7) is 4.17. The van der Waals surface area contributed by atoms with Gasteiger partial charge in [0.1, 0.15) is 0 Å².